The zero-order valence-electron chi connectivity index (χ0n) is 12.5. The molecule has 0 aliphatic rings. The van der Waals surface area contributed by atoms with Gasteiger partial charge in [0.1, 0.15) is 0 Å². The Balaban J connectivity index is 1.96. The third kappa shape index (κ3) is 4.63. The van der Waals surface area contributed by atoms with E-state index in [0.29, 0.717) is 30.9 Å². The highest BCUT2D eigenvalue weighted by molar-refractivity contribution is 5.73. The Kier molecular flexibility index (Phi) is 5.38. The van der Waals surface area contributed by atoms with Crippen molar-refractivity contribution in [1.29, 1.82) is 0 Å². The third-order valence-corrected chi connectivity index (χ3v) is 3.08. The molecule has 0 saturated heterocycles. The summed E-state index contributed by atoms with van der Waals surface area (Å²) < 4.78 is 10.9. The lowest BCUT2D eigenvalue weighted by molar-refractivity contribution is -0.134. The monoisotopic (exact) mass is 284 g/mol. The summed E-state index contributed by atoms with van der Waals surface area (Å²) in [6.45, 7) is 4.42. The van der Waals surface area contributed by atoms with Gasteiger partial charge < -0.3 is 9.47 Å². The first-order valence-electron chi connectivity index (χ1n) is 7.17. The van der Waals surface area contributed by atoms with E-state index in [2.05, 4.69) is 0 Å². The lowest BCUT2D eigenvalue weighted by Crippen LogP contribution is -2.10. The summed E-state index contributed by atoms with van der Waals surface area (Å²) >= 11 is 0. The second-order valence-electron chi connectivity index (χ2n) is 4.84. The molecule has 0 aromatic heterocycles. The molecule has 21 heavy (non-hydrogen) atoms. The number of benzene rings is 2. The van der Waals surface area contributed by atoms with Crippen molar-refractivity contribution in [3.63, 3.8) is 0 Å². The summed E-state index contributed by atoms with van der Waals surface area (Å²) in [4.78, 5) is 11.9. The number of rotatable bonds is 6. The van der Waals surface area contributed by atoms with Crippen molar-refractivity contribution in [2.75, 3.05) is 6.61 Å². The molecular formula is C18H20O3. The average Bonchev–Trinajstić information content (AvgIpc) is 2.49. The van der Waals surface area contributed by atoms with Crippen LogP contribution in [0.25, 0.3) is 0 Å². The van der Waals surface area contributed by atoms with Crippen LogP contribution in [-0.2, 0) is 11.2 Å². The molecule has 0 atom stereocenters. The molecule has 0 N–H and O–H groups in total. The molecule has 0 saturated carbocycles. The predicted molar refractivity (Wildman–Crippen MR) is 82.7 cm³/mol. The van der Waals surface area contributed by atoms with E-state index in [4.69, 9.17) is 9.47 Å². The lowest BCUT2D eigenvalue weighted by atomic mass is 10.1. The van der Waals surface area contributed by atoms with Crippen LogP contribution in [0.2, 0.25) is 0 Å². The largest absolute Gasteiger partial charge is 0.490 e. The number of esters is 1. The minimum atomic E-state index is -0.247. The first kappa shape index (κ1) is 15.1. The highest BCUT2D eigenvalue weighted by Crippen LogP contribution is 2.28. The molecule has 0 radical (unpaired) electrons. The summed E-state index contributed by atoms with van der Waals surface area (Å²) in [5.74, 6) is 0.856. The molecule has 0 aliphatic carbocycles. The molecular weight excluding hydrogens is 264 g/mol. The quantitative estimate of drug-likeness (QED) is 0.595. The van der Waals surface area contributed by atoms with Gasteiger partial charge in [0, 0.05) is 6.42 Å². The van der Waals surface area contributed by atoms with Crippen molar-refractivity contribution in [3.05, 3.63) is 59.7 Å². The van der Waals surface area contributed by atoms with Gasteiger partial charge in [0.25, 0.3) is 0 Å². The molecule has 0 aliphatic heterocycles. The van der Waals surface area contributed by atoms with Gasteiger partial charge in [-0.25, -0.2) is 0 Å². The summed E-state index contributed by atoms with van der Waals surface area (Å²) in [5.41, 5.74) is 2.20. The zero-order chi connectivity index (χ0) is 15.1. The molecule has 3 nitrogen and oxygen atoms in total. The van der Waals surface area contributed by atoms with E-state index < -0.39 is 0 Å². The Bertz CT molecular complexity index is 591. The zero-order valence-corrected chi connectivity index (χ0v) is 12.5. The molecule has 0 fully saturated rings. The highest BCUT2D eigenvalue weighted by atomic mass is 16.6. The van der Waals surface area contributed by atoms with E-state index in [1.54, 1.807) is 6.07 Å². The van der Waals surface area contributed by atoms with Crippen LogP contribution in [0.1, 0.15) is 24.5 Å². The molecule has 0 amide bonds. The summed E-state index contributed by atoms with van der Waals surface area (Å²) in [7, 11) is 0. The van der Waals surface area contributed by atoms with Crippen LogP contribution >= 0.6 is 0 Å². The Hall–Kier alpha value is -2.29. The van der Waals surface area contributed by atoms with E-state index in [9.17, 15) is 4.79 Å². The van der Waals surface area contributed by atoms with Crippen LogP contribution in [-0.4, -0.2) is 12.6 Å². The normalized spacial score (nSPS) is 10.2. The summed E-state index contributed by atoms with van der Waals surface area (Å²) in [6, 6.07) is 15.5. The van der Waals surface area contributed by atoms with Crippen molar-refractivity contribution in [2.24, 2.45) is 0 Å². The minimum absolute atomic E-state index is 0.247. The number of hydrogen-bond acceptors (Lipinski definition) is 3. The second kappa shape index (κ2) is 7.48. The van der Waals surface area contributed by atoms with Crippen LogP contribution in [0.15, 0.2) is 48.5 Å². The maximum absolute atomic E-state index is 11.9. The molecule has 0 bridgehead atoms. The van der Waals surface area contributed by atoms with Crippen molar-refractivity contribution in [1.82, 2.24) is 0 Å². The van der Waals surface area contributed by atoms with Crippen LogP contribution < -0.4 is 9.47 Å². The third-order valence-electron chi connectivity index (χ3n) is 3.08. The SMILES string of the molecule is CCOc1cc(C)ccc1OC(=O)CCc1ccccc1. The standard InChI is InChI=1S/C18H20O3/c1-3-20-17-13-14(2)9-11-16(17)21-18(19)12-10-15-7-5-4-6-8-15/h4-9,11,13H,3,10,12H2,1-2H3. The van der Waals surface area contributed by atoms with Crippen molar-refractivity contribution in [2.45, 2.75) is 26.7 Å². The van der Waals surface area contributed by atoms with E-state index in [-0.39, 0.29) is 5.97 Å². The number of aryl methyl sites for hydroxylation is 2. The fourth-order valence-corrected chi connectivity index (χ4v) is 2.03. The highest BCUT2D eigenvalue weighted by Gasteiger charge is 2.10. The molecule has 0 spiro atoms. The Labute approximate surface area is 125 Å². The predicted octanol–water partition coefficient (Wildman–Crippen LogP) is 3.93. The van der Waals surface area contributed by atoms with Crippen LogP contribution in [0.5, 0.6) is 11.5 Å². The maximum atomic E-state index is 11.9. The average molecular weight is 284 g/mol. The van der Waals surface area contributed by atoms with E-state index >= 15 is 0 Å². The number of carbonyl (C=O) groups excluding carboxylic acids is 1. The van der Waals surface area contributed by atoms with Gasteiger partial charge in [0.05, 0.1) is 6.61 Å². The van der Waals surface area contributed by atoms with E-state index in [1.165, 1.54) is 0 Å². The number of carbonyl (C=O) groups is 1. The molecule has 2 rings (SSSR count). The first-order valence-corrected chi connectivity index (χ1v) is 7.17. The van der Waals surface area contributed by atoms with Gasteiger partial charge in [-0.15, -0.1) is 0 Å². The van der Waals surface area contributed by atoms with Crippen molar-refractivity contribution < 1.29 is 14.3 Å². The summed E-state index contributed by atoms with van der Waals surface area (Å²) in [5, 5.41) is 0. The first-order chi connectivity index (χ1) is 10.2. The summed E-state index contributed by atoms with van der Waals surface area (Å²) in [6.07, 6.45) is 1.03. The lowest BCUT2D eigenvalue weighted by Gasteiger charge is -2.11. The molecule has 0 unspecified atom stereocenters. The molecule has 2 aromatic rings. The van der Waals surface area contributed by atoms with Gasteiger partial charge >= 0.3 is 5.97 Å². The maximum Gasteiger partial charge on any atom is 0.311 e. The van der Waals surface area contributed by atoms with Crippen LogP contribution in [0.3, 0.4) is 0 Å². The Morgan fingerprint density at radius 1 is 1.05 bits per heavy atom. The molecule has 3 heteroatoms. The van der Waals surface area contributed by atoms with Crippen LogP contribution in [0, 0.1) is 6.92 Å². The smallest absolute Gasteiger partial charge is 0.311 e. The van der Waals surface area contributed by atoms with E-state index in [0.717, 1.165) is 11.1 Å². The van der Waals surface area contributed by atoms with E-state index in [1.807, 2.05) is 56.3 Å². The second-order valence-corrected chi connectivity index (χ2v) is 4.84. The number of hydrogen-bond donors (Lipinski definition) is 0. The van der Waals surface area contributed by atoms with Crippen molar-refractivity contribution >= 4 is 5.97 Å². The fraction of sp³-hybridized carbons (Fsp3) is 0.278. The number of ether oxygens (including phenoxy) is 2. The fourth-order valence-electron chi connectivity index (χ4n) is 2.03. The van der Waals surface area contributed by atoms with Crippen molar-refractivity contribution in [3.8, 4) is 11.5 Å². The van der Waals surface area contributed by atoms with Gasteiger partial charge in [-0.2, -0.15) is 0 Å². The van der Waals surface area contributed by atoms with Gasteiger partial charge in [-0.05, 0) is 43.5 Å². The minimum Gasteiger partial charge on any atom is -0.490 e. The van der Waals surface area contributed by atoms with Crippen LogP contribution in [0.4, 0.5) is 0 Å². The molecule has 2 aromatic carbocycles. The Morgan fingerprint density at radius 3 is 2.52 bits per heavy atom. The molecule has 0 heterocycles. The van der Waals surface area contributed by atoms with Gasteiger partial charge in [-0.1, -0.05) is 36.4 Å². The van der Waals surface area contributed by atoms with Gasteiger partial charge in [0.2, 0.25) is 0 Å². The van der Waals surface area contributed by atoms with Gasteiger partial charge in [-0.3, -0.25) is 4.79 Å². The molecule has 110 valence electrons. The van der Waals surface area contributed by atoms with Gasteiger partial charge in [0.15, 0.2) is 11.5 Å². The Morgan fingerprint density at radius 2 is 1.81 bits per heavy atom. The topological polar surface area (TPSA) is 35.5 Å².